The van der Waals surface area contributed by atoms with Crippen molar-refractivity contribution in [1.82, 2.24) is 29.6 Å². The lowest BCUT2D eigenvalue weighted by atomic mass is 9.94. The third-order valence-electron chi connectivity index (χ3n) is 6.17. The molecule has 3 aliphatic rings. The van der Waals surface area contributed by atoms with Crippen molar-refractivity contribution in [2.45, 2.75) is 31.7 Å². The Morgan fingerprint density at radius 3 is 2.39 bits per heavy atom. The molecule has 8 nitrogen and oxygen atoms in total. The van der Waals surface area contributed by atoms with Gasteiger partial charge in [-0.05, 0) is 25.7 Å². The van der Waals surface area contributed by atoms with Gasteiger partial charge in [-0.2, -0.15) is 0 Å². The Bertz CT molecular complexity index is 682. The van der Waals surface area contributed by atoms with Crippen LogP contribution in [0.5, 0.6) is 0 Å². The topological polar surface area (TPSA) is 73.7 Å². The van der Waals surface area contributed by atoms with Gasteiger partial charge in [0.25, 0.3) is 0 Å². The summed E-state index contributed by atoms with van der Waals surface area (Å²) in [6.45, 7) is 5.40. The van der Waals surface area contributed by atoms with E-state index in [0.29, 0.717) is 19.6 Å². The number of hydrogen-bond donors (Lipinski definition) is 1. The molecule has 1 aromatic rings. The number of piperazine rings is 1. The van der Waals surface area contributed by atoms with Crippen molar-refractivity contribution in [1.29, 1.82) is 0 Å². The van der Waals surface area contributed by atoms with Crippen LogP contribution in [0.1, 0.15) is 37.5 Å². The van der Waals surface area contributed by atoms with E-state index in [0.717, 1.165) is 57.7 Å². The average Bonchev–Trinajstić information content (AvgIpc) is 3.39. The summed E-state index contributed by atoms with van der Waals surface area (Å²) in [5.41, 5.74) is 0. The van der Waals surface area contributed by atoms with Gasteiger partial charge in [-0.1, -0.05) is 0 Å². The standard InChI is InChI=1S/C19H30N6O2.ClH/c1-22-12-7-21-17(22)16-14-20-6-13-25(16)18(26)15-4-10-24(11-5-15)19(27)23-8-2-3-9-23;/h7,12,15-16,20H,2-6,8-11,13-14H2,1H3;1H. The number of urea groups is 1. The smallest absolute Gasteiger partial charge is 0.319 e. The third kappa shape index (κ3) is 4.12. The fourth-order valence-corrected chi connectivity index (χ4v) is 4.56. The Labute approximate surface area is 172 Å². The first-order valence-corrected chi connectivity index (χ1v) is 10.2. The van der Waals surface area contributed by atoms with Gasteiger partial charge in [-0.15, -0.1) is 12.4 Å². The van der Waals surface area contributed by atoms with E-state index in [1.54, 1.807) is 6.20 Å². The van der Waals surface area contributed by atoms with Crippen LogP contribution in [0, 0.1) is 5.92 Å². The minimum absolute atomic E-state index is 0. The number of aryl methyl sites for hydroxylation is 1. The van der Waals surface area contributed by atoms with Gasteiger partial charge in [0.2, 0.25) is 5.91 Å². The Hall–Kier alpha value is -1.80. The second-order valence-electron chi connectivity index (χ2n) is 7.89. The number of carbonyl (C=O) groups is 2. The minimum atomic E-state index is -0.0180. The van der Waals surface area contributed by atoms with Crippen molar-refractivity contribution >= 4 is 24.3 Å². The molecule has 0 aliphatic carbocycles. The molecule has 0 radical (unpaired) electrons. The maximum atomic E-state index is 13.3. The van der Waals surface area contributed by atoms with Gasteiger partial charge < -0.3 is 24.6 Å². The van der Waals surface area contributed by atoms with Crippen LogP contribution < -0.4 is 5.32 Å². The number of hydrogen-bond acceptors (Lipinski definition) is 4. The molecule has 3 aliphatic heterocycles. The highest BCUT2D eigenvalue weighted by Crippen LogP contribution is 2.27. The van der Waals surface area contributed by atoms with Crippen molar-refractivity contribution in [2.75, 3.05) is 45.8 Å². The number of rotatable bonds is 2. The molecule has 3 amide bonds. The van der Waals surface area contributed by atoms with E-state index >= 15 is 0 Å². The first-order chi connectivity index (χ1) is 13.1. The average molecular weight is 411 g/mol. The van der Waals surface area contributed by atoms with E-state index in [2.05, 4.69) is 10.3 Å². The molecule has 0 spiro atoms. The molecule has 4 heterocycles. The number of carbonyl (C=O) groups excluding carboxylic acids is 2. The van der Waals surface area contributed by atoms with E-state index in [9.17, 15) is 9.59 Å². The molecule has 1 unspecified atom stereocenters. The Morgan fingerprint density at radius 1 is 1.07 bits per heavy atom. The van der Waals surface area contributed by atoms with Gasteiger partial charge in [0.1, 0.15) is 11.9 Å². The zero-order valence-electron chi connectivity index (χ0n) is 16.5. The van der Waals surface area contributed by atoms with Crippen LogP contribution in [-0.2, 0) is 11.8 Å². The lowest BCUT2D eigenvalue weighted by Crippen LogP contribution is -2.53. The lowest BCUT2D eigenvalue weighted by Gasteiger charge is -2.40. The zero-order valence-corrected chi connectivity index (χ0v) is 17.4. The highest BCUT2D eigenvalue weighted by molar-refractivity contribution is 5.85. The first kappa shape index (κ1) is 20.9. The van der Waals surface area contributed by atoms with Crippen LogP contribution in [0.2, 0.25) is 0 Å². The summed E-state index contributed by atoms with van der Waals surface area (Å²) < 4.78 is 2.00. The maximum absolute atomic E-state index is 13.3. The molecule has 1 N–H and O–H groups in total. The summed E-state index contributed by atoms with van der Waals surface area (Å²) in [6, 6.07) is 0.141. The molecular weight excluding hydrogens is 380 g/mol. The zero-order chi connectivity index (χ0) is 18.8. The number of imidazole rings is 1. The van der Waals surface area contributed by atoms with Gasteiger partial charge in [0.05, 0.1) is 0 Å². The van der Waals surface area contributed by atoms with Gasteiger partial charge in [-0.25, -0.2) is 9.78 Å². The van der Waals surface area contributed by atoms with Crippen molar-refractivity contribution in [3.05, 3.63) is 18.2 Å². The van der Waals surface area contributed by atoms with E-state index in [1.807, 2.05) is 32.5 Å². The highest BCUT2D eigenvalue weighted by atomic mass is 35.5. The molecule has 0 saturated carbocycles. The SMILES string of the molecule is Cl.Cn1ccnc1C1CNCCN1C(=O)C1CCN(C(=O)N2CCCC2)CC1. The number of likely N-dealkylation sites (tertiary alicyclic amines) is 2. The molecule has 0 bridgehead atoms. The number of halogens is 1. The Morgan fingerprint density at radius 2 is 1.75 bits per heavy atom. The highest BCUT2D eigenvalue weighted by Gasteiger charge is 2.36. The van der Waals surface area contributed by atoms with Crippen molar-refractivity contribution in [3.8, 4) is 0 Å². The summed E-state index contributed by atoms with van der Waals surface area (Å²) in [5.74, 6) is 1.16. The molecule has 9 heteroatoms. The van der Waals surface area contributed by atoms with Crippen molar-refractivity contribution in [3.63, 3.8) is 0 Å². The van der Waals surface area contributed by atoms with E-state index in [4.69, 9.17) is 0 Å². The van der Waals surface area contributed by atoms with Crippen molar-refractivity contribution < 1.29 is 9.59 Å². The molecule has 4 rings (SSSR count). The van der Waals surface area contributed by atoms with Crippen LogP contribution in [0.3, 0.4) is 0 Å². The number of aromatic nitrogens is 2. The van der Waals surface area contributed by atoms with Crippen LogP contribution in [0.4, 0.5) is 4.79 Å². The Kier molecular flexibility index (Phi) is 6.82. The third-order valence-corrected chi connectivity index (χ3v) is 6.17. The summed E-state index contributed by atoms with van der Waals surface area (Å²) in [7, 11) is 1.97. The quantitative estimate of drug-likeness (QED) is 0.796. The van der Waals surface area contributed by atoms with Crippen LogP contribution in [0.25, 0.3) is 0 Å². The second-order valence-corrected chi connectivity index (χ2v) is 7.89. The largest absolute Gasteiger partial charge is 0.336 e. The molecule has 0 aromatic carbocycles. The second kappa shape index (κ2) is 9.13. The summed E-state index contributed by atoms with van der Waals surface area (Å²) >= 11 is 0. The summed E-state index contributed by atoms with van der Waals surface area (Å²) in [6.07, 6.45) is 7.45. The van der Waals surface area contributed by atoms with E-state index in [1.165, 1.54) is 0 Å². The fraction of sp³-hybridized carbons (Fsp3) is 0.737. The molecule has 28 heavy (non-hydrogen) atoms. The Balaban J connectivity index is 0.00000225. The van der Waals surface area contributed by atoms with Gasteiger partial charge in [0.15, 0.2) is 0 Å². The predicted molar refractivity (Wildman–Crippen MR) is 108 cm³/mol. The fourth-order valence-electron chi connectivity index (χ4n) is 4.56. The van der Waals surface area contributed by atoms with Crippen LogP contribution in [0.15, 0.2) is 12.4 Å². The first-order valence-electron chi connectivity index (χ1n) is 10.2. The molecule has 3 fully saturated rings. The molecule has 1 atom stereocenters. The number of nitrogens with one attached hydrogen (secondary N) is 1. The molecular formula is C19H31ClN6O2. The number of piperidine rings is 1. The predicted octanol–water partition coefficient (Wildman–Crippen LogP) is 1.24. The van der Waals surface area contributed by atoms with E-state index in [-0.39, 0.29) is 36.3 Å². The summed E-state index contributed by atoms with van der Waals surface area (Å²) in [4.78, 5) is 36.2. The normalized spacial score (nSPS) is 23.6. The molecule has 3 saturated heterocycles. The van der Waals surface area contributed by atoms with Gasteiger partial charge in [0, 0.05) is 71.2 Å². The summed E-state index contributed by atoms with van der Waals surface area (Å²) in [5, 5.41) is 3.39. The van der Waals surface area contributed by atoms with Gasteiger partial charge in [-0.3, -0.25) is 4.79 Å². The van der Waals surface area contributed by atoms with Crippen LogP contribution in [-0.4, -0.2) is 82.0 Å². The van der Waals surface area contributed by atoms with Gasteiger partial charge >= 0.3 is 6.03 Å². The molecule has 156 valence electrons. The molecule has 1 aromatic heterocycles. The maximum Gasteiger partial charge on any atom is 0.319 e. The van der Waals surface area contributed by atoms with Crippen molar-refractivity contribution in [2.24, 2.45) is 13.0 Å². The number of nitrogens with zero attached hydrogens (tertiary/aromatic N) is 5. The van der Waals surface area contributed by atoms with E-state index < -0.39 is 0 Å². The monoisotopic (exact) mass is 410 g/mol. The number of amides is 3. The van der Waals surface area contributed by atoms with Crippen LogP contribution >= 0.6 is 12.4 Å². The lowest BCUT2D eigenvalue weighted by molar-refractivity contribution is -0.140. The minimum Gasteiger partial charge on any atom is -0.336 e.